The number of carbonyl (C=O) groups excluding carboxylic acids is 1. The molecule has 0 aliphatic heterocycles. The highest BCUT2D eigenvalue weighted by Gasteiger charge is 2.26. The molecule has 1 aliphatic carbocycles. The van der Waals surface area contributed by atoms with Gasteiger partial charge in [-0.25, -0.2) is 4.98 Å². The summed E-state index contributed by atoms with van der Waals surface area (Å²) in [6, 6.07) is 7.29. The molecule has 1 aromatic carbocycles. The van der Waals surface area contributed by atoms with Crippen LogP contribution in [0, 0.1) is 0 Å². The number of hydrogen-bond donors (Lipinski definition) is 1. The molecule has 2 heterocycles. The molecule has 4 rings (SSSR count). The van der Waals surface area contributed by atoms with Gasteiger partial charge in [0.1, 0.15) is 5.75 Å². The van der Waals surface area contributed by atoms with Crippen LogP contribution in [-0.2, 0) is 6.42 Å². The fourth-order valence-corrected chi connectivity index (χ4v) is 3.37. The summed E-state index contributed by atoms with van der Waals surface area (Å²) in [5, 5.41) is 7.85. The van der Waals surface area contributed by atoms with Gasteiger partial charge in [0.2, 0.25) is 5.88 Å². The van der Waals surface area contributed by atoms with E-state index in [4.69, 9.17) is 9.84 Å². The van der Waals surface area contributed by atoms with E-state index in [0.717, 1.165) is 25.0 Å². The Morgan fingerprint density at radius 1 is 1.32 bits per heavy atom. The Morgan fingerprint density at radius 3 is 3.00 bits per heavy atom. The number of hydrogen-bond acceptors (Lipinski definition) is 5. The third kappa shape index (κ3) is 3.88. The molecule has 7 heteroatoms. The Balaban J connectivity index is 1.50. The summed E-state index contributed by atoms with van der Waals surface area (Å²) in [5.74, 6) is 0.791. The zero-order chi connectivity index (χ0) is 19.5. The lowest BCUT2D eigenvalue weighted by molar-refractivity contribution is 0.0931. The number of amides is 1. The van der Waals surface area contributed by atoms with Crippen molar-refractivity contribution >= 4 is 5.91 Å². The molecule has 7 nitrogen and oxygen atoms in total. The Labute approximate surface area is 163 Å². The molecule has 144 valence electrons. The van der Waals surface area contributed by atoms with E-state index in [1.54, 1.807) is 36.7 Å². The van der Waals surface area contributed by atoms with Gasteiger partial charge in [-0.1, -0.05) is 6.07 Å². The number of carbonyl (C=O) groups is 1. The van der Waals surface area contributed by atoms with E-state index in [2.05, 4.69) is 35.3 Å². The maximum Gasteiger partial charge on any atom is 0.251 e. The summed E-state index contributed by atoms with van der Waals surface area (Å²) in [6.07, 6.45) is 9.71. The minimum absolute atomic E-state index is 0.0687. The van der Waals surface area contributed by atoms with Crippen molar-refractivity contribution in [2.24, 2.45) is 0 Å². The van der Waals surface area contributed by atoms with Gasteiger partial charge in [0.25, 0.3) is 5.91 Å². The van der Waals surface area contributed by atoms with Gasteiger partial charge in [0, 0.05) is 30.2 Å². The van der Waals surface area contributed by atoms with Crippen molar-refractivity contribution in [3.63, 3.8) is 0 Å². The van der Waals surface area contributed by atoms with Gasteiger partial charge in [0.15, 0.2) is 0 Å². The van der Waals surface area contributed by atoms with Crippen molar-refractivity contribution in [3.05, 3.63) is 65.9 Å². The van der Waals surface area contributed by atoms with E-state index in [9.17, 15) is 4.79 Å². The molecule has 2 aromatic heterocycles. The lowest BCUT2D eigenvalue weighted by Gasteiger charge is -2.22. The summed E-state index contributed by atoms with van der Waals surface area (Å²) >= 11 is 0. The molecule has 0 radical (unpaired) electrons. The van der Waals surface area contributed by atoms with Gasteiger partial charge in [-0.3, -0.25) is 14.5 Å². The second-order valence-corrected chi connectivity index (χ2v) is 7.21. The van der Waals surface area contributed by atoms with Crippen molar-refractivity contribution in [2.75, 3.05) is 0 Å². The number of rotatable bonds is 5. The summed E-state index contributed by atoms with van der Waals surface area (Å²) < 4.78 is 7.65. The second kappa shape index (κ2) is 7.80. The number of benzene rings is 1. The summed E-state index contributed by atoms with van der Waals surface area (Å²) in [4.78, 5) is 20.9. The van der Waals surface area contributed by atoms with E-state index in [0.29, 0.717) is 23.2 Å². The molecule has 0 saturated heterocycles. The zero-order valence-corrected chi connectivity index (χ0v) is 16.0. The Kier molecular flexibility index (Phi) is 5.06. The minimum Gasteiger partial charge on any atom is -0.437 e. The molecule has 1 unspecified atom stereocenters. The summed E-state index contributed by atoms with van der Waals surface area (Å²) in [7, 11) is 0. The van der Waals surface area contributed by atoms with Gasteiger partial charge in [-0.05, 0) is 56.9 Å². The van der Waals surface area contributed by atoms with E-state index in [1.165, 1.54) is 11.8 Å². The highest BCUT2D eigenvalue weighted by atomic mass is 16.5. The maximum absolute atomic E-state index is 12.8. The summed E-state index contributed by atoms with van der Waals surface area (Å²) in [6.45, 7) is 4.21. The van der Waals surface area contributed by atoms with Crippen LogP contribution in [0.1, 0.15) is 60.4 Å². The fraction of sp³-hybridized carbons (Fsp3) is 0.333. The molecule has 0 spiro atoms. The molecule has 3 aromatic rings. The standard InChI is InChI=1S/C21H23N5O2/c1-14(2)26-13-16-6-4-8-18(20(16)25-26)24-21(27)15-5-3-7-17(11-15)28-19-12-22-9-10-23-19/h3,5,7,9-14,18H,4,6,8H2,1-2H3,(H,24,27). The second-order valence-electron chi connectivity index (χ2n) is 7.21. The lowest BCUT2D eigenvalue weighted by Crippen LogP contribution is -2.31. The first-order valence-corrected chi connectivity index (χ1v) is 9.53. The van der Waals surface area contributed by atoms with Gasteiger partial charge >= 0.3 is 0 Å². The highest BCUT2D eigenvalue weighted by Crippen LogP contribution is 2.30. The molecule has 1 N–H and O–H groups in total. The van der Waals surface area contributed by atoms with Crippen LogP contribution in [0.25, 0.3) is 0 Å². The van der Waals surface area contributed by atoms with Crippen LogP contribution in [0.2, 0.25) is 0 Å². The molecule has 28 heavy (non-hydrogen) atoms. The van der Waals surface area contributed by atoms with Gasteiger partial charge in [0.05, 0.1) is 17.9 Å². The third-order valence-corrected chi connectivity index (χ3v) is 4.80. The van der Waals surface area contributed by atoms with Gasteiger partial charge in [-0.15, -0.1) is 0 Å². The van der Waals surface area contributed by atoms with Gasteiger partial charge < -0.3 is 10.1 Å². The van der Waals surface area contributed by atoms with Crippen molar-refractivity contribution < 1.29 is 9.53 Å². The first-order valence-electron chi connectivity index (χ1n) is 9.53. The van der Waals surface area contributed by atoms with Crippen LogP contribution in [0.3, 0.4) is 0 Å². The molecule has 1 aliphatic rings. The van der Waals surface area contributed by atoms with Crippen molar-refractivity contribution in [3.8, 4) is 11.6 Å². The lowest BCUT2D eigenvalue weighted by atomic mass is 9.93. The zero-order valence-electron chi connectivity index (χ0n) is 16.0. The highest BCUT2D eigenvalue weighted by molar-refractivity contribution is 5.94. The topological polar surface area (TPSA) is 81.9 Å². The quantitative estimate of drug-likeness (QED) is 0.730. The molecule has 0 saturated carbocycles. The monoisotopic (exact) mass is 377 g/mol. The third-order valence-electron chi connectivity index (χ3n) is 4.80. The van der Waals surface area contributed by atoms with Crippen LogP contribution in [0.15, 0.2) is 49.1 Å². The molecule has 1 atom stereocenters. The maximum atomic E-state index is 12.8. The number of fused-ring (bicyclic) bond motifs is 1. The van der Waals surface area contributed by atoms with Gasteiger partial charge in [-0.2, -0.15) is 5.10 Å². The van der Waals surface area contributed by atoms with Crippen molar-refractivity contribution in [1.82, 2.24) is 25.1 Å². The minimum atomic E-state index is -0.137. The predicted molar refractivity (Wildman–Crippen MR) is 104 cm³/mol. The number of nitrogens with one attached hydrogen (secondary N) is 1. The van der Waals surface area contributed by atoms with E-state index in [1.807, 2.05) is 4.68 Å². The Hall–Kier alpha value is -3.22. The van der Waals surface area contributed by atoms with Crippen molar-refractivity contribution in [1.29, 1.82) is 0 Å². The Morgan fingerprint density at radius 2 is 2.21 bits per heavy atom. The van der Waals surface area contributed by atoms with E-state index in [-0.39, 0.29) is 11.9 Å². The number of aryl methyl sites for hydroxylation is 1. The van der Waals surface area contributed by atoms with Crippen LogP contribution >= 0.6 is 0 Å². The number of ether oxygens (including phenoxy) is 1. The van der Waals surface area contributed by atoms with Crippen LogP contribution in [0.4, 0.5) is 0 Å². The van der Waals surface area contributed by atoms with Crippen molar-refractivity contribution in [2.45, 2.75) is 45.2 Å². The molecular formula is C21H23N5O2. The predicted octanol–water partition coefficient (Wildman–Crippen LogP) is 3.85. The van der Waals surface area contributed by atoms with Crippen LogP contribution < -0.4 is 10.1 Å². The van der Waals surface area contributed by atoms with Crippen LogP contribution in [-0.4, -0.2) is 25.7 Å². The largest absolute Gasteiger partial charge is 0.437 e. The molecule has 0 fully saturated rings. The Bertz CT molecular complexity index is 968. The van der Waals surface area contributed by atoms with E-state index >= 15 is 0 Å². The fourth-order valence-electron chi connectivity index (χ4n) is 3.37. The summed E-state index contributed by atoms with van der Waals surface area (Å²) in [5.41, 5.74) is 2.75. The molecule has 0 bridgehead atoms. The molecule has 1 amide bonds. The number of aromatic nitrogens is 4. The smallest absolute Gasteiger partial charge is 0.251 e. The van der Waals surface area contributed by atoms with Crippen LogP contribution in [0.5, 0.6) is 11.6 Å². The number of nitrogens with zero attached hydrogens (tertiary/aromatic N) is 4. The first kappa shape index (κ1) is 18.2. The molecular weight excluding hydrogens is 354 g/mol. The normalized spacial score (nSPS) is 15.9. The average molecular weight is 377 g/mol. The van der Waals surface area contributed by atoms with E-state index < -0.39 is 0 Å². The first-order chi connectivity index (χ1) is 13.6. The average Bonchev–Trinajstić information content (AvgIpc) is 3.15. The SMILES string of the molecule is CC(C)n1cc2c(n1)C(NC(=O)c1cccc(Oc3cnccn3)c1)CCC2.